The Bertz CT molecular complexity index is 293. The monoisotopic (exact) mass is 242 g/mol. The van der Waals surface area contributed by atoms with E-state index in [1.165, 1.54) is 0 Å². The van der Waals surface area contributed by atoms with Crippen molar-refractivity contribution in [1.29, 1.82) is 0 Å². The number of rotatable bonds is 3. The van der Waals surface area contributed by atoms with E-state index in [-0.39, 0.29) is 17.9 Å². The van der Waals surface area contributed by atoms with Crippen LogP contribution >= 0.6 is 0 Å². The van der Waals surface area contributed by atoms with Gasteiger partial charge in [0.05, 0.1) is 12.5 Å². The molecule has 2 N–H and O–H groups in total. The summed E-state index contributed by atoms with van der Waals surface area (Å²) in [6, 6.07) is 0. The van der Waals surface area contributed by atoms with Gasteiger partial charge in [-0.3, -0.25) is 4.79 Å². The zero-order chi connectivity index (χ0) is 12.5. The summed E-state index contributed by atoms with van der Waals surface area (Å²) in [4.78, 5) is 11.9. The van der Waals surface area contributed by atoms with Crippen molar-refractivity contribution in [3.8, 4) is 0 Å². The molecule has 0 aromatic rings. The minimum absolute atomic E-state index is 0.0291. The Hall–Kier alpha value is -0.650. The molecule has 98 valence electrons. The van der Waals surface area contributed by atoms with E-state index in [1.54, 1.807) is 0 Å². The normalized spacial score (nSPS) is 36.1. The fourth-order valence-electron chi connectivity index (χ4n) is 2.37. The first-order chi connectivity index (χ1) is 7.98. The molecule has 2 aliphatic rings. The first kappa shape index (κ1) is 12.8. The quantitative estimate of drug-likeness (QED) is 0.737. The zero-order valence-corrected chi connectivity index (χ0v) is 10.8. The Labute approximate surface area is 102 Å². The van der Waals surface area contributed by atoms with Gasteiger partial charge in [-0.1, -0.05) is 6.92 Å². The summed E-state index contributed by atoms with van der Waals surface area (Å²) < 4.78 is 11.1. The van der Waals surface area contributed by atoms with Crippen molar-refractivity contribution in [2.75, 3.05) is 26.2 Å². The molecule has 0 aromatic heterocycles. The van der Waals surface area contributed by atoms with E-state index in [2.05, 4.69) is 17.6 Å². The number of carbonyl (C=O) groups is 1. The average Bonchev–Trinajstić information content (AvgIpc) is 2.81. The highest BCUT2D eigenvalue weighted by Gasteiger charge is 2.34. The molecule has 1 amide bonds. The van der Waals surface area contributed by atoms with Gasteiger partial charge in [0, 0.05) is 13.1 Å². The topological polar surface area (TPSA) is 59.6 Å². The molecule has 0 bridgehead atoms. The van der Waals surface area contributed by atoms with Crippen molar-refractivity contribution in [3.05, 3.63) is 0 Å². The van der Waals surface area contributed by atoms with E-state index >= 15 is 0 Å². The highest BCUT2D eigenvalue weighted by molar-refractivity contribution is 5.79. The molecule has 0 spiro atoms. The maximum Gasteiger partial charge on any atom is 0.224 e. The largest absolute Gasteiger partial charge is 0.353 e. The van der Waals surface area contributed by atoms with Crippen molar-refractivity contribution < 1.29 is 14.3 Å². The Morgan fingerprint density at radius 2 is 2.24 bits per heavy atom. The van der Waals surface area contributed by atoms with Crippen LogP contribution < -0.4 is 10.6 Å². The van der Waals surface area contributed by atoms with Crippen molar-refractivity contribution in [2.45, 2.75) is 32.7 Å². The first-order valence-corrected chi connectivity index (χ1v) is 6.28. The Morgan fingerprint density at radius 3 is 2.76 bits per heavy atom. The number of hydrogen-bond acceptors (Lipinski definition) is 4. The van der Waals surface area contributed by atoms with E-state index in [9.17, 15) is 4.79 Å². The van der Waals surface area contributed by atoms with Gasteiger partial charge in [0.15, 0.2) is 5.79 Å². The van der Waals surface area contributed by atoms with Crippen molar-refractivity contribution in [2.24, 2.45) is 11.8 Å². The van der Waals surface area contributed by atoms with Crippen LogP contribution in [0.3, 0.4) is 0 Å². The van der Waals surface area contributed by atoms with Gasteiger partial charge in [-0.15, -0.1) is 0 Å². The van der Waals surface area contributed by atoms with Crippen molar-refractivity contribution in [1.82, 2.24) is 10.6 Å². The van der Waals surface area contributed by atoms with Gasteiger partial charge in [-0.2, -0.15) is 0 Å². The van der Waals surface area contributed by atoms with Crippen LogP contribution in [0.1, 0.15) is 20.8 Å². The van der Waals surface area contributed by atoms with E-state index < -0.39 is 5.79 Å². The Balaban J connectivity index is 1.73. The predicted octanol–water partition coefficient (Wildman–Crippen LogP) is 0.110. The van der Waals surface area contributed by atoms with Crippen LogP contribution in [-0.4, -0.2) is 44.0 Å². The number of ether oxygens (including phenoxy) is 2. The third kappa shape index (κ3) is 3.18. The lowest BCUT2D eigenvalue weighted by Crippen LogP contribution is -2.39. The number of hydrogen-bond donors (Lipinski definition) is 2. The highest BCUT2D eigenvalue weighted by Crippen LogP contribution is 2.22. The molecule has 0 aromatic carbocycles. The molecule has 0 saturated carbocycles. The molecule has 0 radical (unpaired) electrons. The minimum atomic E-state index is -0.516. The number of amides is 1. The average molecular weight is 242 g/mol. The second-order valence-electron chi connectivity index (χ2n) is 5.44. The van der Waals surface area contributed by atoms with Gasteiger partial charge < -0.3 is 20.1 Å². The second kappa shape index (κ2) is 4.92. The van der Waals surface area contributed by atoms with Crippen molar-refractivity contribution >= 4 is 5.91 Å². The molecule has 2 heterocycles. The summed E-state index contributed by atoms with van der Waals surface area (Å²) in [7, 11) is 0. The Kier molecular flexibility index (Phi) is 3.70. The van der Waals surface area contributed by atoms with Gasteiger partial charge in [0.2, 0.25) is 5.91 Å². The summed E-state index contributed by atoms with van der Waals surface area (Å²) in [6.07, 6.45) is -0.0291. The van der Waals surface area contributed by atoms with Gasteiger partial charge in [0.25, 0.3) is 0 Å². The molecule has 3 atom stereocenters. The van der Waals surface area contributed by atoms with Crippen molar-refractivity contribution in [3.63, 3.8) is 0 Å². The highest BCUT2D eigenvalue weighted by atomic mass is 16.7. The van der Waals surface area contributed by atoms with Gasteiger partial charge >= 0.3 is 0 Å². The van der Waals surface area contributed by atoms with Crippen LogP contribution in [0.4, 0.5) is 0 Å². The number of nitrogens with one attached hydrogen (secondary N) is 2. The molecule has 2 aliphatic heterocycles. The third-order valence-corrected chi connectivity index (χ3v) is 3.43. The molecule has 0 aliphatic carbocycles. The molecule has 5 heteroatoms. The molecule has 17 heavy (non-hydrogen) atoms. The zero-order valence-electron chi connectivity index (χ0n) is 10.8. The van der Waals surface area contributed by atoms with Crippen LogP contribution in [0, 0.1) is 11.8 Å². The minimum Gasteiger partial charge on any atom is -0.353 e. The second-order valence-corrected chi connectivity index (χ2v) is 5.44. The smallest absolute Gasteiger partial charge is 0.224 e. The van der Waals surface area contributed by atoms with E-state index in [0.717, 1.165) is 13.1 Å². The van der Waals surface area contributed by atoms with Gasteiger partial charge in [-0.25, -0.2) is 0 Å². The van der Waals surface area contributed by atoms with Crippen LogP contribution in [0.15, 0.2) is 0 Å². The SMILES string of the molecule is C[C@@H]1CNC[C@H]1C(=O)NCC1COC(C)(C)O1. The Morgan fingerprint density at radius 1 is 1.47 bits per heavy atom. The van der Waals surface area contributed by atoms with Crippen LogP contribution in [0.25, 0.3) is 0 Å². The molecule has 5 nitrogen and oxygen atoms in total. The van der Waals surface area contributed by atoms with Crippen LogP contribution in [0.5, 0.6) is 0 Å². The molecular weight excluding hydrogens is 220 g/mol. The molecular formula is C12H22N2O3. The maximum absolute atomic E-state index is 11.9. The van der Waals surface area contributed by atoms with Gasteiger partial charge in [0.1, 0.15) is 6.10 Å². The summed E-state index contributed by atoms with van der Waals surface area (Å²) in [5, 5.41) is 6.18. The molecule has 2 rings (SSSR count). The molecule has 1 unspecified atom stereocenters. The lowest BCUT2D eigenvalue weighted by molar-refractivity contribution is -0.140. The predicted molar refractivity (Wildman–Crippen MR) is 63.4 cm³/mol. The van der Waals surface area contributed by atoms with Gasteiger partial charge in [-0.05, 0) is 26.3 Å². The number of carbonyl (C=O) groups excluding carboxylic acids is 1. The van der Waals surface area contributed by atoms with E-state index in [0.29, 0.717) is 19.1 Å². The van der Waals surface area contributed by atoms with E-state index in [4.69, 9.17) is 9.47 Å². The fourth-order valence-corrected chi connectivity index (χ4v) is 2.37. The molecule has 2 fully saturated rings. The van der Waals surface area contributed by atoms with Crippen LogP contribution in [0.2, 0.25) is 0 Å². The summed E-state index contributed by atoms with van der Waals surface area (Å²) in [5.41, 5.74) is 0. The summed E-state index contributed by atoms with van der Waals surface area (Å²) in [6.45, 7) is 8.66. The van der Waals surface area contributed by atoms with E-state index in [1.807, 2.05) is 13.8 Å². The fraction of sp³-hybridized carbons (Fsp3) is 0.917. The third-order valence-electron chi connectivity index (χ3n) is 3.43. The first-order valence-electron chi connectivity index (χ1n) is 6.28. The summed E-state index contributed by atoms with van der Waals surface area (Å²) in [5.74, 6) is 0.103. The molecule has 2 saturated heterocycles. The standard InChI is InChI=1S/C12H22N2O3/c1-8-4-13-6-10(8)11(15)14-5-9-7-16-12(2,3)17-9/h8-10,13H,4-7H2,1-3H3,(H,14,15)/t8-,9?,10-/m1/s1. The lowest BCUT2D eigenvalue weighted by atomic mass is 9.97. The summed E-state index contributed by atoms with van der Waals surface area (Å²) >= 11 is 0. The lowest BCUT2D eigenvalue weighted by Gasteiger charge is -2.18. The maximum atomic E-state index is 11.9. The van der Waals surface area contributed by atoms with Crippen LogP contribution in [-0.2, 0) is 14.3 Å².